The summed E-state index contributed by atoms with van der Waals surface area (Å²) >= 11 is 1.32. The number of nitrogens with two attached hydrogens (primary N) is 1. The Bertz CT molecular complexity index is 67.8. The van der Waals surface area contributed by atoms with Gasteiger partial charge in [0.1, 0.15) is 0 Å². The van der Waals surface area contributed by atoms with Crippen molar-refractivity contribution in [2.24, 2.45) is 10.1 Å². The van der Waals surface area contributed by atoms with Gasteiger partial charge in [0.15, 0.2) is 0 Å². The van der Waals surface area contributed by atoms with Crippen molar-refractivity contribution in [2.75, 3.05) is 0 Å². The number of allylic oxidation sites excluding steroid dienone is 1. The second-order valence-electron chi connectivity index (χ2n) is 0.829. The first kappa shape index (κ1) is 6.56. The normalized spacial score (nSPS) is 11.6. The fourth-order valence-electron chi connectivity index (χ4n) is 0.131. The maximum Gasteiger partial charge on any atom is 0.0941 e. The molecule has 0 fully saturated rings. The summed E-state index contributed by atoms with van der Waals surface area (Å²) in [5, 5.41) is 1.85. The van der Waals surface area contributed by atoms with Crippen LogP contribution in [0.3, 0.4) is 0 Å². The topological polar surface area (TPSA) is 38.4 Å². The van der Waals surface area contributed by atoms with E-state index in [0.29, 0.717) is 0 Å². The first-order valence-electron chi connectivity index (χ1n) is 1.92. The summed E-state index contributed by atoms with van der Waals surface area (Å²) in [4.78, 5) is 0. The molecule has 2 nitrogen and oxygen atoms in total. The summed E-state index contributed by atoms with van der Waals surface area (Å²) in [6, 6.07) is 0. The summed E-state index contributed by atoms with van der Waals surface area (Å²) < 4.78 is 3.64. The van der Waals surface area contributed by atoms with Gasteiger partial charge < -0.3 is 5.73 Å². The average molecular weight is 116 g/mol. The molecule has 0 aliphatic carbocycles. The molecule has 0 amide bonds. The second-order valence-corrected chi connectivity index (χ2v) is 1.52. The number of hydrogen-bond acceptors (Lipinski definition) is 2. The first-order valence-corrected chi connectivity index (χ1v) is 2.76. The Morgan fingerprint density at radius 3 is 2.86 bits per heavy atom. The maximum atomic E-state index is 4.92. The Kier molecular flexibility index (Phi) is 5.21. The molecule has 0 spiro atoms. The van der Waals surface area contributed by atoms with Crippen molar-refractivity contribution in [3.63, 3.8) is 0 Å². The predicted molar refractivity (Wildman–Crippen MR) is 35.1 cm³/mol. The van der Waals surface area contributed by atoms with Crippen molar-refractivity contribution < 1.29 is 0 Å². The molecule has 0 saturated heterocycles. The van der Waals surface area contributed by atoms with E-state index in [-0.39, 0.29) is 0 Å². The van der Waals surface area contributed by atoms with E-state index >= 15 is 0 Å². The molecule has 0 aliphatic heterocycles. The minimum atomic E-state index is 1.27. The van der Waals surface area contributed by atoms with Gasteiger partial charge in [-0.1, -0.05) is 6.08 Å². The van der Waals surface area contributed by atoms with Crippen molar-refractivity contribution >= 4 is 18.3 Å². The lowest BCUT2D eigenvalue weighted by Gasteiger charge is -1.73. The second kappa shape index (κ2) is 5.56. The molecule has 0 aromatic rings. The van der Waals surface area contributed by atoms with Crippen LogP contribution in [-0.4, -0.2) is 6.34 Å². The quantitative estimate of drug-likeness (QED) is 0.334. The van der Waals surface area contributed by atoms with Crippen LogP contribution in [0, 0.1) is 0 Å². The van der Waals surface area contributed by atoms with Gasteiger partial charge in [0.2, 0.25) is 0 Å². The Balaban J connectivity index is 2.98. The molecule has 0 aromatic carbocycles. The molecule has 2 N–H and O–H groups in total. The van der Waals surface area contributed by atoms with Crippen LogP contribution in [-0.2, 0) is 0 Å². The van der Waals surface area contributed by atoms with E-state index in [2.05, 4.69) is 4.40 Å². The molecule has 0 rings (SSSR count). The third-order valence-electron chi connectivity index (χ3n) is 0.319. The summed E-state index contributed by atoms with van der Waals surface area (Å²) in [6.07, 6.45) is 3.17. The minimum absolute atomic E-state index is 1.27. The maximum absolute atomic E-state index is 4.92. The number of hydrogen-bond donors (Lipinski definition) is 1. The van der Waals surface area contributed by atoms with Crippen molar-refractivity contribution in [2.45, 2.75) is 6.92 Å². The number of rotatable bonds is 2. The number of nitrogens with zero attached hydrogens (tertiary/aromatic N) is 1. The molecule has 3 heteroatoms. The molecule has 0 aliphatic rings. The largest absolute Gasteiger partial charge is 0.389 e. The summed E-state index contributed by atoms with van der Waals surface area (Å²) in [7, 11) is 0. The molecule has 7 heavy (non-hydrogen) atoms. The van der Waals surface area contributed by atoms with Crippen molar-refractivity contribution in [1.82, 2.24) is 0 Å². The van der Waals surface area contributed by atoms with Crippen molar-refractivity contribution in [3.8, 4) is 0 Å². The molecule has 0 heterocycles. The van der Waals surface area contributed by atoms with Crippen LogP contribution in [0.1, 0.15) is 6.92 Å². The molecule has 0 atom stereocenters. The van der Waals surface area contributed by atoms with E-state index in [1.165, 1.54) is 18.3 Å². The lowest BCUT2D eigenvalue weighted by Crippen LogP contribution is -1.84. The van der Waals surface area contributed by atoms with Gasteiger partial charge >= 0.3 is 0 Å². The van der Waals surface area contributed by atoms with E-state index in [1.807, 2.05) is 18.4 Å². The van der Waals surface area contributed by atoms with Gasteiger partial charge in [0.25, 0.3) is 0 Å². The van der Waals surface area contributed by atoms with Crippen LogP contribution in [0.4, 0.5) is 0 Å². The summed E-state index contributed by atoms with van der Waals surface area (Å²) in [5.41, 5.74) is 4.92. The molecule has 0 aromatic heterocycles. The van der Waals surface area contributed by atoms with Gasteiger partial charge in [0, 0.05) is 11.9 Å². The van der Waals surface area contributed by atoms with Crippen molar-refractivity contribution in [1.29, 1.82) is 0 Å². The van der Waals surface area contributed by atoms with Gasteiger partial charge in [0.05, 0.1) is 6.34 Å². The zero-order valence-electron chi connectivity index (χ0n) is 4.16. The van der Waals surface area contributed by atoms with Crippen LogP contribution < -0.4 is 5.73 Å². The zero-order valence-corrected chi connectivity index (χ0v) is 4.98. The van der Waals surface area contributed by atoms with Gasteiger partial charge in [-0.15, -0.1) is 0 Å². The fraction of sp³-hybridized carbons (Fsp3) is 0.250. The molecule has 0 bridgehead atoms. The van der Waals surface area contributed by atoms with Crippen molar-refractivity contribution in [3.05, 3.63) is 11.5 Å². The van der Waals surface area contributed by atoms with Crippen LogP contribution in [0.2, 0.25) is 0 Å². The lowest BCUT2D eigenvalue weighted by molar-refractivity contribution is 1.76. The Morgan fingerprint density at radius 2 is 2.43 bits per heavy atom. The van der Waals surface area contributed by atoms with Gasteiger partial charge in [-0.2, -0.15) is 0 Å². The highest BCUT2D eigenvalue weighted by Crippen LogP contribution is 1.99. The highest BCUT2D eigenvalue weighted by atomic mass is 32.2. The van der Waals surface area contributed by atoms with Crippen LogP contribution in [0.15, 0.2) is 15.9 Å². The molecule has 0 saturated carbocycles. The monoisotopic (exact) mass is 116 g/mol. The van der Waals surface area contributed by atoms with Gasteiger partial charge in [-0.3, -0.25) is 0 Å². The van der Waals surface area contributed by atoms with E-state index < -0.39 is 0 Å². The minimum Gasteiger partial charge on any atom is -0.389 e. The first-order chi connectivity index (χ1) is 3.41. The lowest BCUT2D eigenvalue weighted by atomic mass is 10.8. The van der Waals surface area contributed by atoms with Crippen LogP contribution in [0.5, 0.6) is 0 Å². The van der Waals surface area contributed by atoms with E-state index in [4.69, 9.17) is 5.73 Å². The standard InChI is InChI=1S/C4H8N2S/c1-2-3-7-6-4-5/h2-4H,1H3,(H2,5,6). The fourth-order valence-corrected chi connectivity index (χ4v) is 0.393. The molecular weight excluding hydrogens is 108 g/mol. The summed E-state index contributed by atoms with van der Waals surface area (Å²) in [5.74, 6) is 0. The van der Waals surface area contributed by atoms with E-state index in [1.54, 1.807) is 0 Å². The summed E-state index contributed by atoms with van der Waals surface area (Å²) in [6.45, 7) is 1.93. The zero-order chi connectivity index (χ0) is 5.54. The average Bonchev–Trinajstić information content (AvgIpc) is 1.69. The Hall–Kier alpha value is -0.440. The molecular formula is C4H8N2S. The van der Waals surface area contributed by atoms with Gasteiger partial charge in [-0.05, 0) is 12.3 Å². The van der Waals surface area contributed by atoms with Crippen LogP contribution in [0.25, 0.3) is 0 Å². The third kappa shape index (κ3) is 5.56. The molecule has 40 valence electrons. The van der Waals surface area contributed by atoms with Crippen LogP contribution >= 0.6 is 11.9 Å². The smallest absolute Gasteiger partial charge is 0.0941 e. The SMILES string of the molecule is CC=CSN=CN. The Morgan fingerprint density at radius 1 is 1.71 bits per heavy atom. The van der Waals surface area contributed by atoms with E-state index in [9.17, 15) is 0 Å². The third-order valence-corrected chi connectivity index (χ3v) is 0.956. The Labute approximate surface area is 47.6 Å². The molecule has 0 unspecified atom stereocenters. The highest BCUT2D eigenvalue weighted by Gasteiger charge is 1.62. The highest BCUT2D eigenvalue weighted by molar-refractivity contribution is 8.01. The van der Waals surface area contributed by atoms with Gasteiger partial charge in [-0.25, -0.2) is 4.40 Å². The van der Waals surface area contributed by atoms with E-state index in [0.717, 1.165) is 0 Å². The molecule has 0 radical (unpaired) electrons. The predicted octanol–water partition coefficient (Wildman–Crippen LogP) is 1.16.